The van der Waals surface area contributed by atoms with Crippen LogP contribution in [0, 0.1) is 0 Å². The van der Waals surface area contributed by atoms with E-state index in [0.29, 0.717) is 12.1 Å². The Morgan fingerprint density at radius 3 is 2.45 bits per heavy atom. The third-order valence-electron chi connectivity index (χ3n) is 5.93. The number of anilines is 1. The van der Waals surface area contributed by atoms with Gasteiger partial charge in [-0.1, -0.05) is 59.3 Å². The summed E-state index contributed by atoms with van der Waals surface area (Å²) >= 11 is 3.43. The SMILES string of the molecule is CCCNC(=O)[C@H](C)N(Cc1ccc(Br)cc1)C(=O)CN1C(=O)c2cccc3cccc1c23. The van der Waals surface area contributed by atoms with Crippen LogP contribution in [-0.4, -0.2) is 41.8 Å². The summed E-state index contributed by atoms with van der Waals surface area (Å²) in [6, 6.07) is 18.3. The third kappa shape index (κ3) is 4.64. The first-order valence-corrected chi connectivity index (χ1v) is 11.8. The number of hydrogen-bond acceptors (Lipinski definition) is 3. The molecule has 0 aromatic heterocycles. The molecule has 4 rings (SSSR count). The van der Waals surface area contributed by atoms with E-state index in [0.717, 1.165) is 32.9 Å². The highest BCUT2D eigenvalue weighted by atomic mass is 79.9. The van der Waals surface area contributed by atoms with Crippen LogP contribution in [0.15, 0.2) is 65.1 Å². The van der Waals surface area contributed by atoms with Gasteiger partial charge in [-0.3, -0.25) is 19.3 Å². The normalized spacial score (nSPS) is 13.3. The van der Waals surface area contributed by atoms with E-state index in [4.69, 9.17) is 0 Å². The average molecular weight is 508 g/mol. The lowest BCUT2D eigenvalue weighted by Crippen LogP contribution is -2.51. The summed E-state index contributed by atoms with van der Waals surface area (Å²) in [4.78, 5) is 42.5. The van der Waals surface area contributed by atoms with Gasteiger partial charge in [0.05, 0.1) is 5.69 Å². The molecule has 0 radical (unpaired) electrons. The minimum absolute atomic E-state index is 0.130. The van der Waals surface area contributed by atoms with Gasteiger partial charge in [-0.25, -0.2) is 0 Å². The summed E-state index contributed by atoms with van der Waals surface area (Å²) in [7, 11) is 0. The second kappa shape index (κ2) is 9.75. The van der Waals surface area contributed by atoms with Crippen molar-refractivity contribution < 1.29 is 14.4 Å². The Morgan fingerprint density at radius 2 is 1.76 bits per heavy atom. The van der Waals surface area contributed by atoms with Gasteiger partial charge in [0.25, 0.3) is 5.91 Å². The van der Waals surface area contributed by atoms with Gasteiger partial charge in [-0.15, -0.1) is 0 Å². The Labute approximate surface area is 201 Å². The standard InChI is InChI=1S/C26H26BrN3O3/c1-3-14-28-25(32)17(2)29(15-18-10-12-20(27)13-11-18)23(31)16-30-22-9-5-7-19-6-4-8-21(24(19)22)26(30)33/h4-13,17H,3,14-16H2,1-2H3,(H,28,32)/t17-/m0/s1. The highest BCUT2D eigenvalue weighted by molar-refractivity contribution is 9.10. The summed E-state index contributed by atoms with van der Waals surface area (Å²) in [5.41, 5.74) is 2.23. The zero-order valence-electron chi connectivity index (χ0n) is 18.7. The Hall–Kier alpha value is -3.19. The molecule has 0 saturated heterocycles. The van der Waals surface area contributed by atoms with Crippen molar-refractivity contribution in [2.45, 2.75) is 32.9 Å². The number of rotatable bonds is 8. The Morgan fingerprint density at radius 1 is 1.06 bits per heavy atom. The van der Waals surface area contributed by atoms with Gasteiger partial charge in [0.1, 0.15) is 12.6 Å². The Bertz CT molecular complexity index is 1200. The number of carbonyl (C=O) groups is 3. The molecule has 0 unspecified atom stereocenters. The van der Waals surface area contributed by atoms with Gasteiger partial charge in [-0.05, 0) is 48.6 Å². The average Bonchev–Trinajstić information content (AvgIpc) is 3.09. The number of benzene rings is 3. The maximum Gasteiger partial charge on any atom is 0.259 e. The van der Waals surface area contributed by atoms with E-state index in [9.17, 15) is 14.4 Å². The summed E-state index contributed by atoms with van der Waals surface area (Å²) in [5, 5.41) is 4.71. The highest BCUT2D eigenvalue weighted by Gasteiger charge is 2.34. The second-order valence-electron chi connectivity index (χ2n) is 8.19. The lowest BCUT2D eigenvalue weighted by molar-refractivity contribution is -0.139. The van der Waals surface area contributed by atoms with E-state index in [-0.39, 0.29) is 30.8 Å². The van der Waals surface area contributed by atoms with Crippen LogP contribution in [0.5, 0.6) is 0 Å². The maximum absolute atomic E-state index is 13.5. The first-order chi connectivity index (χ1) is 15.9. The van der Waals surface area contributed by atoms with Crippen LogP contribution in [0.4, 0.5) is 5.69 Å². The molecule has 1 aliphatic heterocycles. The van der Waals surface area contributed by atoms with Gasteiger partial charge in [0, 0.05) is 28.5 Å². The summed E-state index contributed by atoms with van der Waals surface area (Å²) in [6.07, 6.45) is 0.809. The number of nitrogens with one attached hydrogen (secondary N) is 1. The lowest BCUT2D eigenvalue weighted by Gasteiger charge is -2.30. The molecule has 6 nitrogen and oxygen atoms in total. The minimum Gasteiger partial charge on any atom is -0.354 e. The topological polar surface area (TPSA) is 69.7 Å². The van der Waals surface area contributed by atoms with E-state index in [1.165, 1.54) is 4.90 Å². The molecule has 0 spiro atoms. The van der Waals surface area contributed by atoms with E-state index in [1.807, 2.05) is 61.5 Å². The third-order valence-corrected chi connectivity index (χ3v) is 6.45. The molecule has 1 N–H and O–H groups in total. The van der Waals surface area contributed by atoms with Crippen LogP contribution in [0.3, 0.4) is 0 Å². The fourth-order valence-electron chi connectivity index (χ4n) is 4.13. The van der Waals surface area contributed by atoms with Crippen molar-refractivity contribution >= 4 is 50.1 Å². The molecular formula is C26H26BrN3O3. The molecule has 1 atom stereocenters. The smallest absolute Gasteiger partial charge is 0.259 e. The van der Waals surface area contributed by atoms with Gasteiger partial charge < -0.3 is 10.2 Å². The monoisotopic (exact) mass is 507 g/mol. The first-order valence-electron chi connectivity index (χ1n) is 11.1. The molecule has 0 aliphatic carbocycles. The van der Waals surface area contributed by atoms with Crippen molar-refractivity contribution in [3.05, 3.63) is 76.3 Å². The molecule has 170 valence electrons. The van der Waals surface area contributed by atoms with Crippen LogP contribution >= 0.6 is 15.9 Å². The zero-order valence-corrected chi connectivity index (χ0v) is 20.3. The molecule has 1 aliphatic rings. The number of hydrogen-bond donors (Lipinski definition) is 1. The van der Waals surface area contributed by atoms with Crippen molar-refractivity contribution in [1.82, 2.24) is 10.2 Å². The zero-order chi connectivity index (χ0) is 23.5. The number of amides is 3. The van der Waals surface area contributed by atoms with Crippen LogP contribution in [0.25, 0.3) is 10.8 Å². The summed E-state index contributed by atoms with van der Waals surface area (Å²) < 4.78 is 0.936. The van der Waals surface area contributed by atoms with Crippen LogP contribution in [0.1, 0.15) is 36.2 Å². The van der Waals surface area contributed by atoms with Crippen LogP contribution in [0.2, 0.25) is 0 Å². The lowest BCUT2D eigenvalue weighted by atomic mass is 10.1. The molecule has 0 fully saturated rings. The maximum atomic E-state index is 13.5. The molecule has 3 aromatic carbocycles. The molecule has 7 heteroatoms. The highest BCUT2D eigenvalue weighted by Crippen LogP contribution is 2.37. The predicted molar refractivity (Wildman–Crippen MR) is 133 cm³/mol. The molecule has 33 heavy (non-hydrogen) atoms. The molecule has 1 heterocycles. The molecule has 3 amide bonds. The Balaban J connectivity index is 1.61. The molecule has 3 aromatic rings. The predicted octanol–water partition coefficient (Wildman–Crippen LogP) is 4.51. The summed E-state index contributed by atoms with van der Waals surface area (Å²) in [5.74, 6) is -0.683. The number of nitrogens with zero attached hydrogens (tertiary/aromatic N) is 2. The fraction of sp³-hybridized carbons (Fsp3) is 0.269. The largest absolute Gasteiger partial charge is 0.354 e. The molecule has 0 saturated carbocycles. The van der Waals surface area contributed by atoms with E-state index in [1.54, 1.807) is 17.9 Å². The van der Waals surface area contributed by atoms with Gasteiger partial charge in [0.15, 0.2) is 0 Å². The van der Waals surface area contributed by atoms with Crippen LogP contribution in [-0.2, 0) is 16.1 Å². The van der Waals surface area contributed by atoms with Crippen molar-refractivity contribution in [1.29, 1.82) is 0 Å². The summed E-state index contributed by atoms with van der Waals surface area (Å²) in [6.45, 7) is 4.39. The molecule has 0 bridgehead atoms. The Kier molecular flexibility index (Phi) is 6.79. The van der Waals surface area contributed by atoms with E-state index in [2.05, 4.69) is 21.2 Å². The van der Waals surface area contributed by atoms with Crippen molar-refractivity contribution in [3.63, 3.8) is 0 Å². The van der Waals surface area contributed by atoms with Crippen LogP contribution < -0.4 is 10.2 Å². The van der Waals surface area contributed by atoms with Gasteiger partial charge in [0.2, 0.25) is 11.8 Å². The number of carbonyl (C=O) groups excluding carboxylic acids is 3. The van der Waals surface area contributed by atoms with Gasteiger partial charge in [-0.2, -0.15) is 0 Å². The van der Waals surface area contributed by atoms with Crippen molar-refractivity contribution in [2.75, 3.05) is 18.0 Å². The van der Waals surface area contributed by atoms with E-state index >= 15 is 0 Å². The van der Waals surface area contributed by atoms with E-state index < -0.39 is 6.04 Å². The second-order valence-corrected chi connectivity index (χ2v) is 9.10. The fourth-order valence-corrected chi connectivity index (χ4v) is 4.39. The van der Waals surface area contributed by atoms with Gasteiger partial charge >= 0.3 is 0 Å². The van der Waals surface area contributed by atoms with Crippen molar-refractivity contribution in [2.24, 2.45) is 0 Å². The minimum atomic E-state index is -0.677. The first kappa shape index (κ1) is 23.0. The molecular weight excluding hydrogens is 482 g/mol. The number of halogens is 1. The van der Waals surface area contributed by atoms with Crippen molar-refractivity contribution in [3.8, 4) is 0 Å². The quantitative estimate of drug-likeness (QED) is 0.487.